The van der Waals surface area contributed by atoms with Gasteiger partial charge in [-0.05, 0) is 31.0 Å². The first kappa shape index (κ1) is 15.4. The fourth-order valence-electron chi connectivity index (χ4n) is 1.62. The molecule has 0 aliphatic rings. The van der Waals surface area contributed by atoms with E-state index >= 15 is 0 Å². The Labute approximate surface area is 111 Å². The van der Waals surface area contributed by atoms with Crippen molar-refractivity contribution in [3.63, 3.8) is 0 Å². The highest BCUT2D eigenvalue weighted by molar-refractivity contribution is 5.90. The Morgan fingerprint density at radius 3 is 2.68 bits per heavy atom. The summed E-state index contributed by atoms with van der Waals surface area (Å²) in [6, 6.07) is 3.73. The van der Waals surface area contributed by atoms with Gasteiger partial charge < -0.3 is 20.4 Å². The maximum absolute atomic E-state index is 13.1. The molecule has 0 aromatic heterocycles. The minimum Gasteiger partial charge on any atom is -0.396 e. The van der Waals surface area contributed by atoms with Crippen molar-refractivity contribution in [2.24, 2.45) is 0 Å². The third-order valence-corrected chi connectivity index (χ3v) is 2.68. The monoisotopic (exact) mass is 270 g/mol. The number of aryl methyl sites for hydroxylation is 1. The number of hydrogen-bond acceptors (Lipinski definition) is 3. The van der Waals surface area contributed by atoms with Crippen molar-refractivity contribution in [2.45, 2.75) is 13.3 Å². The van der Waals surface area contributed by atoms with Crippen LogP contribution in [0.3, 0.4) is 0 Å². The lowest BCUT2D eigenvalue weighted by molar-refractivity contribution is 0.180. The van der Waals surface area contributed by atoms with Gasteiger partial charge in [0, 0.05) is 25.4 Å². The smallest absolute Gasteiger partial charge is 0.321 e. The van der Waals surface area contributed by atoms with Crippen molar-refractivity contribution in [1.29, 1.82) is 0 Å². The Balaban J connectivity index is 2.71. The number of nitrogens with one attached hydrogen (secondary N) is 1. The molecule has 0 saturated carbocycles. The van der Waals surface area contributed by atoms with Crippen molar-refractivity contribution in [3.8, 4) is 0 Å². The molecule has 0 unspecified atom stereocenters. The molecule has 0 saturated heterocycles. The molecule has 0 aliphatic heterocycles. The zero-order valence-corrected chi connectivity index (χ0v) is 10.9. The molecule has 0 radical (unpaired) electrons. The predicted molar refractivity (Wildman–Crippen MR) is 70.5 cm³/mol. The van der Waals surface area contributed by atoms with Gasteiger partial charge in [0.2, 0.25) is 0 Å². The second-order valence-electron chi connectivity index (χ2n) is 4.18. The van der Waals surface area contributed by atoms with Crippen molar-refractivity contribution in [1.82, 2.24) is 4.90 Å². The number of aliphatic hydroxyl groups is 2. The van der Waals surface area contributed by atoms with E-state index in [1.165, 1.54) is 17.0 Å². The minimum absolute atomic E-state index is 0.0335. The molecule has 0 fully saturated rings. The molecule has 0 atom stereocenters. The number of carbonyl (C=O) groups is 1. The maximum Gasteiger partial charge on any atom is 0.321 e. The van der Waals surface area contributed by atoms with Crippen molar-refractivity contribution >= 4 is 11.7 Å². The Bertz CT molecular complexity index is 426. The zero-order chi connectivity index (χ0) is 14.3. The Morgan fingerprint density at radius 1 is 1.32 bits per heavy atom. The van der Waals surface area contributed by atoms with Gasteiger partial charge in [0.05, 0.1) is 6.61 Å². The van der Waals surface area contributed by atoms with E-state index < -0.39 is 11.8 Å². The van der Waals surface area contributed by atoms with E-state index in [1.54, 1.807) is 13.0 Å². The van der Waals surface area contributed by atoms with Crippen LogP contribution in [0.2, 0.25) is 0 Å². The Morgan fingerprint density at radius 2 is 2.05 bits per heavy atom. The van der Waals surface area contributed by atoms with E-state index in [-0.39, 0.29) is 19.8 Å². The summed E-state index contributed by atoms with van der Waals surface area (Å²) in [5.41, 5.74) is 1.15. The topological polar surface area (TPSA) is 72.8 Å². The first-order valence-electron chi connectivity index (χ1n) is 6.12. The third kappa shape index (κ3) is 4.84. The van der Waals surface area contributed by atoms with Crippen LogP contribution in [0, 0.1) is 12.7 Å². The van der Waals surface area contributed by atoms with Crippen molar-refractivity contribution < 1.29 is 19.4 Å². The van der Waals surface area contributed by atoms with Gasteiger partial charge in [-0.1, -0.05) is 6.07 Å². The van der Waals surface area contributed by atoms with Crippen LogP contribution < -0.4 is 5.32 Å². The molecule has 2 amide bonds. The standard InChI is InChI=1S/C13H19FN2O3/c1-10-3-4-11(14)9-12(10)15-13(19)16(6-8-18)5-2-7-17/h3-4,9,17-18H,2,5-8H2,1H3,(H,15,19). The molecule has 0 spiro atoms. The summed E-state index contributed by atoms with van der Waals surface area (Å²) >= 11 is 0. The number of amides is 2. The van der Waals surface area contributed by atoms with Gasteiger partial charge in [0.15, 0.2) is 0 Å². The fraction of sp³-hybridized carbons (Fsp3) is 0.462. The second-order valence-corrected chi connectivity index (χ2v) is 4.18. The van der Waals surface area contributed by atoms with Crippen LogP contribution in [0.25, 0.3) is 0 Å². The molecule has 1 rings (SSSR count). The summed E-state index contributed by atoms with van der Waals surface area (Å²) < 4.78 is 13.1. The van der Waals surface area contributed by atoms with Gasteiger partial charge in [-0.2, -0.15) is 0 Å². The molecule has 19 heavy (non-hydrogen) atoms. The van der Waals surface area contributed by atoms with E-state index in [9.17, 15) is 9.18 Å². The number of benzene rings is 1. The van der Waals surface area contributed by atoms with E-state index in [0.717, 1.165) is 5.56 Å². The van der Waals surface area contributed by atoms with Crippen LogP contribution in [-0.4, -0.2) is 47.4 Å². The normalized spacial score (nSPS) is 10.3. The SMILES string of the molecule is Cc1ccc(F)cc1NC(=O)N(CCO)CCCO. The number of hydrogen-bond donors (Lipinski definition) is 3. The van der Waals surface area contributed by atoms with Crippen LogP contribution in [0.5, 0.6) is 0 Å². The molecule has 0 heterocycles. The lowest BCUT2D eigenvalue weighted by Crippen LogP contribution is -2.38. The summed E-state index contributed by atoms with van der Waals surface area (Å²) in [7, 11) is 0. The highest BCUT2D eigenvalue weighted by atomic mass is 19.1. The zero-order valence-electron chi connectivity index (χ0n) is 10.9. The van der Waals surface area contributed by atoms with Crippen LogP contribution in [0.1, 0.15) is 12.0 Å². The first-order chi connectivity index (χ1) is 9.08. The van der Waals surface area contributed by atoms with Gasteiger partial charge in [-0.25, -0.2) is 9.18 Å². The van der Waals surface area contributed by atoms with Crippen LogP contribution in [0.4, 0.5) is 14.9 Å². The summed E-state index contributed by atoms with van der Waals surface area (Å²) in [6.45, 7) is 2.06. The molecule has 106 valence electrons. The number of rotatable bonds is 6. The average Bonchev–Trinajstić information content (AvgIpc) is 2.38. The van der Waals surface area contributed by atoms with Crippen molar-refractivity contribution in [2.75, 3.05) is 31.6 Å². The lowest BCUT2D eigenvalue weighted by Gasteiger charge is -2.22. The summed E-state index contributed by atoms with van der Waals surface area (Å²) in [5.74, 6) is -0.426. The lowest BCUT2D eigenvalue weighted by atomic mass is 10.2. The molecule has 3 N–H and O–H groups in total. The highest BCUT2D eigenvalue weighted by Gasteiger charge is 2.13. The molecule has 0 aliphatic carbocycles. The summed E-state index contributed by atoms with van der Waals surface area (Å²) in [5, 5.41) is 20.3. The predicted octanol–water partition coefficient (Wildman–Crippen LogP) is 1.34. The largest absolute Gasteiger partial charge is 0.396 e. The average molecular weight is 270 g/mol. The van der Waals surface area contributed by atoms with Gasteiger partial charge in [0.25, 0.3) is 0 Å². The summed E-state index contributed by atoms with van der Waals surface area (Å²) in [6.07, 6.45) is 0.426. The van der Waals surface area contributed by atoms with Gasteiger partial charge in [0.1, 0.15) is 5.82 Å². The number of nitrogens with zero attached hydrogens (tertiary/aromatic N) is 1. The fourth-order valence-corrected chi connectivity index (χ4v) is 1.62. The van der Waals surface area contributed by atoms with Crippen LogP contribution in [0.15, 0.2) is 18.2 Å². The number of carbonyl (C=O) groups excluding carboxylic acids is 1. The third-order valence-electron chi connectivity index (χ3n) is 2.68. The quantitative estimate of drug-likeness (QED) is 0.730. The Kier molecular flexibility index (Phi) is 6.24. The molecule has 1 aromatic carbocycles. The second kappa shape index (κ2) is 7.70. The molecule has 5 nitrogen and oxygen atoms in total. The van der Waals surface area contributed by atoms with E-state index in [2.05, 4.69) is 5.32 Å². The minimum atomic E-state index is -0.426. The molecular weight excluding hydrogens is 251 g/mol. The van der Waals surface area contributed by atoms with Crippen LogP contribution in [-0.2, 0) is 0 Å². The molecule has 6 heteroatoms. The number of anilines is 1. The van der Waals surface area contributed by atoms with Gasteiger partial charge >= 0.3 is 6.03 Å². The van der Waals surface area contributed by atoms with Crippen molar-refractivity contribution in [3.05, 3.63) is 29.6 Å². The molecular formula is C13H19FN2O3. The van der Waals surface area contributed by atoms with E-state index in [0.29, 0.717) is 18.7 Å². The number of aliphatic hydroxyl groups excluding tert-OH is 2. The van der Waals surface area contributed by atoms with Gasteiger partial charge in [-0.3, -0.25) is 0 Å². The number of halogens is 1. The van der Waals surface area contributed by atoms with E-state index in [1.807, 2.05) is 0 Å². The number of urea groups is 1. The summed E-state index contributed by atoms with van der Waals surface area (Å²) in [4.78, 5) is 13.3. The maximum atomic E-state index is 13.1. The van der Waals surface area contributed by atoms with Crippen LogP contribution >= 0.6 is 0 Å². The Hall–Kier alpha value is -1.66. The highest BCUT2D eigenvalue weighted by Crippen LogP contribution is 2.16. The molecule has 1 aromatic rings. The van der Waals surface area contributed by atoms with E-state index in [4.69, 9.17) is 10.2 Å². The molecule has 0 bridgehead atoms. The van der Waals surface area contributed by atoms with Gasteiger partial charge in [-0.15, -0.1) is 0 Å². The first-order valence-corrected chi connectivity index (χ1v) is 6.12.